The molecule has 10 heteroatoms. The number of aromatic nitrogens is 1. The van der Waals surface area contributed by atoms with Crippen LogP contribution in [0.2, 0.25) is 0 Å². The fourth-order valence-electron chi connectivity index (χ4n) is 2.11. The molecule has 0 aromatic carbocycles. The number of halogens is 1. The molecule has 0 bridgehead atoms. The molecule has 1 aliphatic rings. The minimum atomic E-state index is -1.12. The van der Waals surface area contributed by atoms with Crippen molar-refractivity contribution in [1.29, 1.82) is 0 Å². The molecule has 9 nitrogen and oxygen atoms in total. The van der Waals surface area contributed by atoms with E-state index in [-0.39, 0.29) is 24.4 Å². The van der Waals surface area contributed by atoms with Crippen LogP contribution in [-0.2, 0) is 4.74 Å². The molecular formula is C11H13BrN4O5. The average Bonchev–Trinajstić information content (AvgIpc) is 2.38. The average molecular weight is 361 g/mol. The van der Waals surface area contributed by atoms with E-state index < -0.39 is 11.0 Å². The Balaban J connectivity index is 2.08. The summed E-state index contributed by atoms with van der Waals surface area (Å²) in [5, 5.41) is 25.0. The van der Waals surface area contributed by atoms with E-state index in [1.165, 1.54) is 6.07 Å². The van der Waals surface area contributed by atoms with Crippen molar-refractivity contribution in [3.8, 4) is 0 Å². The van der Waals surface area contributed by atoms with Crippen LogP contribution in [-0.4, -0.2) is 46.4 Å². The van der Waals surface area contributed by atoms with Crippen molar-refractivity contribution < 1.29 is 19.6 Å². The Morgan fingerprint density at radius 3 is 2.90 bits per heavy atom. The topological polar surface area (TPSA) is 127 Å². The molecule has 1 aliphatic heterocycles. The van der Waals surface area contributed by atoms with Crippen molar-refractivity contribution in [3.63, 3.8) is 0 Å². The molecule has 2 rings (SSSR count). The number of carbonyl (C=O) groups is 1. The van der Waals surface area contributed by atoms with Crippen LogP contribution in [0.5, 0.6) is 0 Å². The van der Waals surface area contributed by atoms with Crippen LogP contribution in [0, 0.1) is 10.1 Å². The molecule has 0 aliphatic carbocycles. The maximum Gasteiger partial charge on any atom is 0.404 e. The number of hydrogen-bond donors (Lipinski definition) is 3. The number of ether oxygens (including phenoxy) is 1. The van der Waals surface area contributed by atoms with Crippen molar-refractivity contribution in [2.24, 2.45) is 0 Å². The van der Waals surface area contributed by atoms with Gasteiger partial charge in [-0.1, -0.05) is 0 Å². The number of hydrogen-bond acceptors (Lipinski definition) is 6. The third-order valence-corrected chi connectivity index (χ3v) is 3.37. The number of amides is 1. The molecule has 0 spiro atoms. The summed E-state index contributed by atoms with van der Waals surface area (Å²) >= 11 is 3.16. The summed E-state index contributed by atoms with van der Waals surface area (Å²) in [5.74, 6) is 0. The second kappa shape index (κ2) is 6.68. The second-order valence-electron chi connectivity index (χ2n) is 4.54. The maximum atomic E-state index is 11.0. The fourth-order valence-corrected chi connectivity index (χ4v) is 2.44. The first kappa shape index (κ1) is 15.4. The van der Waals surface area contributed by atoms with Crippen LogP contribution >= 0.6 is 15.9 Å². The Bertz CT molecular complexity index is 555. The van der Waals surface area contributed by atoms with Crippen LogP contribution in [0.1, 0.15) is 6.42 Å². The van der Waals surface area contributed by atoms with E-state index in [4.69, 9.17) is 9.84 Å². The van der Waals surface area contributed by atoms with Crippen molar-refractivity contribution >= 4 is 33.4 Å². The molecule has 1 saturated heterocycles. The van der Waals surface area contributed by atoms with Gasteiger partial charge in [0.25, 0.3) is 0 Å². The first-order valence-corrected chi connectivity index (χ1v) is 6.88. The summed E-state index contributed by atoms with van der Waals surface area (Å²) in [5.41, 5.74) is 0.165. The highest BCUT2D eigenvalue weighted by atomic mass is 79.9. The van der Waals surface area contributed by atoms with Crippen molar-refractivity contribution in [3.05, 3.63) is 27.0 Å². The van der Waals surface area contributed by atoms with Gasteiger partial charge in [-0.05, 0) is 22.4 Å². The van der Waals surface area contributed by atoms with Gasteiger partial charge in [-0.25, -0.2) is 9.78 Å². The van der Waals surface area contributed by atoms with Crippen LogP contribution in [0.4, 0.5) is 16.2 Å². The zero-order chi connectivity index (χ0) is 15.4. The van der Waals surface area contributed by atoms with Gasteiger partial charge in [0, 0.05) is 6.07 Å². The molecule has 1 aromatic rings. The highest BCUT2D eigenvalue weighted by molar-refractivity contribution is 9.10. The Morgan fingerprint density at radius 2 is 2.24 bits per heavy atom. The first-order valence-electron chi connectivity index (χ1n) is 6.09. The van der Waals surface area contributed by atoms with E-state index >= 15 is 0 Å². The van der Waals surface area contributed by atoms with Gasteiger partial charge in [-0.3, -0.25) is 10.1 Å². The number of pyridine rings is 1. The number of carboxylic acid groups (broad SMARTS) is 1. The monoisotopic (exact) mass is 360 g/mol. The molecule has 2 heterocycles. The summed E-state index contributed by atoms with van der Waals surface area (Å²) < 4.78 is 5.78. The lowest BCUT2D eigenvalue weighted by Crippen LogP contribution is -2.46. The molecule has 114 valence electrons. The minimum Gasteiger partial charge on any atom is -0.465 e. The van der Waals surface area contributed by atoms with Gasteiger partial charge in [0.05, 0.1) is 30.2 Å². The lowest BCUT2D eigenvalue weighted by atomic mass is 10.1. The van der Waals surface area contributed by atoms with Gasteiger partial charge in [-0.2, -0.15) is 0 Å². The lowest BCUT2D eigenvalue weighted by molar-refractivity contribution is -0.384. The molecule has 1 aromatic heterocycles. The summed E-state index contributed by atoms with van der Waals surface area (Å²) in [7, 11) is 0. The first-order chi connectivity index (χ1) is 9.95. The van der Waals surface area contributed by atoms with Gasteiger partial charge in [-0.15, -0.1) is 0 Å². The zero-order valence-electron chi connectivity index (χ0n) is 10.8. The predicted octanol–water partition coefficient (Wildman–Crippen LogP) is 1.59. The minimum absolute atomic E-state index is 0.147. The van der Waals surface area contributed by atoms with Gasteiger partial charge >= 0.3 is 11.8 Å². The van der Waals surface area contributed by atoms with Crippen LogP contribution in [0.3, 0.4) is 0 Å². The largest absolute Gasteiger partial charge is 0.465 e. The predicted molar refractivity (Wildman–Crippen MR) is 76.4 cm³/mol. The smallest absolute Gasteiger partial charge is 0.404 e. The molecular weight excluding hydrogens is 348 g/mol. The van der Waals surface area contributed by atoms with Crippen LogP contribution < -0.4 is 10.6 Å². The molecule has 1 amide bonds. The number of rotatable bonds is 4. The number of nitro groups is 1. The molecule has 2 unspecified atom stereocenters. The summed E-state index contributed by atoms with van der Waals surface area (Å²) in [4.78, 5) is 24.9. The van der Waals surface area contributed by atoms with E-state index in [9.17, 15) is 14.9 Å². The highest BCUT2D eigenvalue weighted by Gasteiger charge is 2.26. The summed E-state index contributed by atoms with van der Waals surface area (Å²) in [6.45, 7) is 0.626. The van der Waals surface area contributed by atoms with Gasteiger partial charge < -0.3 is 20.5 Å². The number of nitrogens with zero attached hydrogens (tertiary/aromatic N) is 2. The quantitative estimate of drug-likeness (QED) is 0.422. The Kier molecular flexibility index (Phi) is 4.91. The SMILES string of the molecule is O=C(O)NC1COCC(Nc2cc(Br)ncc2[N+](=O)[O-])C1. The van der Waals surface area contributed by atoms with Crippen LogP contribution in [0.15, 0.2) is 16.9 Å². The molecule has 0 radical (unpaired) electrons. The van der Waals surface area contributed by atoms with Crippen molar-refractivity contribution in [1.82, 2.24) is 10.3 Å². The molecule has 2 atom stereocenters. The summed E-state index contributed by atoms with van der Waals surface area (Å²) in [6.07, 6.45) is 0.508. The second-order valence-corrected chi connectivity index (χ2v) is 5.35. The number of anilines is 1. The highest BCUT2D eigenvalue weighted by Crippen LogP contribution is 2.27. The Labute approximate surface area is 128 Å². The zero-order valence-corrected chi connectivity index (χ0v) is 12.4. The molecule has 21 heavy (non-hydrogen) atoms. The van der Waals surface area contributed by atoms with Crippen molar-refractivity contribution in [2.45, 2.75) is 18.5 Å². The van der Waals surface area contributed by atoms with Gasteiger partial charge in [0.1, 0.15) is 16.5 Å². The Hall–Kier alpha value is -1.94. The molecule has 0 saturated carbocycles. The third-order valence-electron chi connectivity index (χ3n) is 2.94. The lowest BCUT2D eigenvalue weighted by Gasteiger charge is -2.30. The van der Waals surface area contributed by atoms with Crippen LogP contribution in [0.25, 0.3) is 0 Å². The van der Waals surface area contributed by atoms with E-state index in [1.807, 2.05) is 0 Å². The van der Waals surface area contributed by atoms with E-state index in [1.54, 1.807) is 0 Å². The molecule has 1 fully saturated rings. The fraction of sp³-hybridized carbons (Fsp3) is 0.455. The summed E-state index contributed by atoms with van der Waals surface area (Å²) in [6, 6.07) is 0.925. The third kappa shape index (κ3) is 4.26. The Morgan fingerprint density at radius 1 is 1.52 bits per heavy atom. The van der Waals surface area contributed by atoms with Gasteiger partial charge in [0.2, 0.25) is 0 Å². The van der Waals surface area contributed by atoms with Crippen molar-refractivity contribution in [2.75, 3.05) is 18.5 Å². The van der Waals surface area contributed by atoms with Gasteiger partial charge in [0.15, 0.2) is 0 Å². The standard InChI is InChI=1S/C11H13BrN4O5/c12-10-2-8(9(3-13-10)16(19)20)14-6-1-7(5-21-4-6)15-11(17)18/h2-3,6-7,15H,1,4-5H2,(H,13,14)(H,17,18). The number of nitrogens with one attached hydrogen (secondary N) is 2. The van der Waals surface area contributed by atoms with E-state index in [0.29, 0.717) is 23.3 Å². The van der Waals surface area contributed by atoms with E-state index in [0.717, 1.165) is 6.20 Å². The normalized spacial score (nSPS) is 21.6. The van der Waals surface area contributed by atoms with E-state index in [2.05, 4.69) is 31.5 Å². The maximum absolute atomic E-state index is 11.0. The molecule has 3 N–H and O–H groups in total.